The molecule has 5 nitrogen and oxygen atoms in total. The van der Waals surface area contributed by atoms with Crippen molar-refractivity contribution in [2.24, 2.45) is 5.41 Å². The molecule has 1 aromatic rings. The van der Waals surface area contributed by atoms with E-state index in [9.17, 15) is 4.79 Å². The van der Waals surface area contributed by atoms with E-state index in [-0.39, 0.29) is 17.1 Å². The first-order chi connectivity index (χ1) is 9.77. The Labute approximate surface area is 133 Å². The van der Waals surface area contributed by atoms with Crippen LogP contribution >= 0.6 is 23.5 Å². The van der Waals surface area contributed by atoms with E-state index in [0.29, 0.717) is 22.8 Å². The molecule has 21 heavy (non-hydrogen) atoms. The summed E-state index contributed by atoms with van der Waals surface area (Å²) in [5, 5.41) is 14.5. The van der Waals surface area contributed by atoms with Crippen LogP contribution in [-0.4, -0.2) is 37.5 Å². The number of aromatic nitrogens is 2. The molecule has 1 aliphatic rings. The summed E-state index contributed by atoms with van der Waals surface area (Å²) in [6, 6.07) is 0. The number of carbonyl (C=O) groups is 1. The summed E-state index contributed by atoms with van der Waals surface area (Å²) < 4.78 is 5.32. The van der Waals surface area contributed by atoms with E-state index < -0.39 is 5.97 Å². The molecular formula is C14H22N2O3S2. The van der Waals surface area contributed by atoms with Gasteiger partial charge in [-0.2, -0.15) is 16.7 Å². The first kappa shape index (κ1) is 16.7. The van der Waals surface area contributed by atoms with E-state index in [1.165, 1.54) is 0 Å². The number of rotatable bonds is 5. The lowest BCUT2D eigenvalue weighted by molar-refractivity contribution is -0.139. The predicted octanol–water partition coefficient (Wildman–Crippen LogP) is 3.41. The van der Waals surface area contributed by atoms with Crippen molar-refractivity contribution >= 4 is 29.5 Å². The van der Waals surface area contributed by atoms with Crippen LogP contribution in [0.4, 0.5) is 0 Å². The van der Waals surface area contributed by atoms with E-state index >= 15 is 0 Å². The normalized spacial score (nSPS) is 26.8. The van der Waals surface area contributed by atoms with Crippen LogP contribution in [0, 0.1) is 5.41 Å². The fraction of sp³-hybridized carbons (Fsp3) is 0.786. The van der Waals surface area contributed by atoms with E-state index in [1.807, 2.05) is 37.4 Å². The molecule has 0 aromatic carbocycles. The van der Waals surface area contributed by atoms with Crippen LogP contribution in [0.3, 0.4) is 0 Å². The molecule has 3 unspecified atom stereocenters. The molecular weight excluding hydrogens is 308 g/mol. The number of nitrogens with zero attached hydrogens (tertiary/aromatic N) is 2. The van der Waals surface area contributed by atoms with Crippen molar-refractivity contribution in [2.75, 3.05) is 5.75 Å². The summed E-state index contributed by atoms with van der Waals surface area (Å²) in [6.07, 6.45) is 0.579. The Morgan fingerprint density at radius 2 is 2.14 bits per heavy atom. The molecule has 118 valence electrons. The Morgan fingerprint density at radius 1 is 1.43 bits per heavy atom. The maximum atomic E-state index is 10.9. The zero-order valence-electron chi connectivity index (χ0n) is 12.8. The fourth-order valence-electron chi connectivity index (χ4n) is 2.27. The molecule has 2 rings (SSSR count). The molecule has 0 saturated carbocycles. The van der Waals surface area contributed by atoms with Crippen LogP contribution < -0.4 is 0 Å². The van der Waals surface area contributed by atoms with E-state index in [4.69, 9.17) is 9.63 Å². The van der Waals surface area contributed by atoms with Crippen LogP contribution in [0.15, 0.2) is 4.52 Å². The van der Waals surface area contributed by atoms with Gasteiger partial charge in [-0.1, -0.05) is 32.9 Å². The molecule has 1 fully saturated rings. The van der Waals surface area contributed by atoms with E-state index in [0.717, 1.165) is 11.6 Å². The minimum absolute atomic E-state index is 0.0906. The molecule has 7 heteroatoms. The highest BCUT2D eigenvalue weighted by molar-refractivity contribution is 8.07. The average molecular weight is 330 g/mol. The SMILES string of the molecule is CC1SCC(c2noc(CC(C)(C)CC(=O)O)n2)SC1C. The van der Waals surface area contributed by atoms with Gasteiger partial charge in [0, 0.05) is 22.7 Å². The summed E-state index contributed by atoms with van der Waals surface area (Å²) in [7, 11) is 0. The molecule has 0 spiro atoms. The first-order valence-electron chi connectivity index (χ1n) is 7.08. The van der Waals surface area contributed by atoms with Gasteiger partial charge in [-0.05, 0) is 5.41 Å². The van der Waals surface area contributed by atoms with Gasteiger partial charge in [0.25, 0.3) is 0 Å². The summed E-state index contributed by atoms with van der Waals surface area (Å²) in [5.74, 6) is 1.47. The highest BCUT2D eigenvalue weighted by Gasteiger charge is 2.31. The Balaban J connectivity index is 2.00. The largest absolute Gasteiger partial charge is 0.481 e. The van der Waals surface area contributed by atoms with Crippen molar-refractivity contribution in [3.63, 3.8) is 0 Å². The monoisotopic (exact) mass is 330 g/mol. The number of hydrogen-bond donors (Lipinski definition) is 1. The maximum absolute atomic E-state index is 10.9. The lowest BCUT2D eigenvalue weighted by Gasteiger charge is -2.29. The molecule has 0 aliphatic carbocycles. The lowest BCUT2D eigenvalue weighted by atomic mass is 9.86. The summed E-state index contributed by atoms with van der Waals surface area (Å²) in [6.45, 7) is 8.28. The second-order valence-electron chi connectivity index (χ2n) is 6.33. The van der Waals surface area contributed by atoms with Crippen LogP contribution in [0.5, 0.6) is 0 Å². The molecule has 1 aromatic heterocycles. The number of carboxylic acid groups (broad SMARTS) is 1. The number of aliphatic carboxylic acids is 1. The average Bonchev–Trinajstić information content (AvgIpc) is 2.78. The third-order valence-corrected chi connectivity index (χ3v) is 6.97. The van der Waals surface area contributed by atoms with Crippen LogP contribution in [0.2, 0.25) is 0 Å². The van der Waals surface area contributed by atoms with Gasteiger partial charge in [-0.15, -0.1) is 11.8 Å². The molecule has 1 aliphatic heterocycles. The maximum Gasteiger partial charge on any atom is 0.303 e. The minimum Gasteiger partial charge on any atom is -0.481 e. The molecule has 2 heterocycles. The molecule has 0 bridgehead atoms. The van der Waals surface area contributed by atoms with Crippen molar-refractivity contribution < 1.29 is 14.4 Å². The van der Waals surface area contributed by atoms with Gasteiger partial charge in [-0.3, -0.25) is 4.79 Å². The Hall–Kier alpha value is -0.690. The zero-order valence-corrected chi connectivity index (χ0v) is 14.5. The van der Waals surface area contributed by atoms with Crippen molar-refractivity contribution in [1.29, 1.82) is 0 Å². The van der Waals surface area contributed by atoms with Gasteiger partial charge in [-0.25, -0.2) is 0 Å². The topological polar surface area (TPSA) is 76.2 Å². The zero-order chi connectivity index (χ0) is 15.6. The second kappa shape index (κ2) is 6.60. The lowest BCUT2D eigenvalue weighted by Crippen LogP contribution is -2.22. The quantitative estimate of drug-likeness (QED) is 0.886. The van der Waals surface area contributed by atoms with Gasteiger partial charge >= 0.3 is 5.97 Å². The summed E-state index contributed by atoms with van der Waals surface area (Å²) >= 11 is 3.83. The smallest absolute Gasteiger partial charge is 0.303 e. The van der Waals surface area contributed by atoms with Gasteiger partial charge < -0.3 is 9.63 Å². The van der Waals surface area contributed by atoms with Gasteiger partial charge in [0.15, 0.2) is 5.82 Å². The number of carboxylic acids is 1. The van der Waals surface area contributed by atoms with E-state index in [1.54, 1.807) is 0 Å². The second-order valence-corrected chi connectivity index (χ2v) is 9.32. The fourth-order valence-corrected chi connectivity index (χ4v) is 5.10. The number of hydrogen-bond acceptors (Lipinski definition) is 6. The van der Waals surface area contributed by atoms with Crippen LogP contribution in [0.1, 0.15) is 51.1 Å². The van der Waals surface area contributed by atoms with E-state index in [2.05, 4.69) is 24.0 Å². The summed E-state index contributed by atoms with van der Waals surface area (Å²) in [4.78, 5) is 15.3. The third kappa shape index (κ3) is 4.64. The molecule has 1 N–H and O–H groups in total. The van der Waals surface area contributed by atoms with Crippen molar-refractivity contribution in [2.45, 2.75) is 56.3 Å². The third-order valence-electron chi connectivity index (χ3n) is 3.58. The Morgan fingerprint density at radius 3 is 2.76 bits per heavy atom. The Bertz CT molecular complexity index is 504. The van der Waals surface area contributed by atoms with Gasteiger partial charge in [0.05, 0.1) is 11.7 Å². The number of thioether (sulfide) groups is 2. The molecule has 1 saturated heterocycles. The van der Waals surface area contributed by atoms with Crippen LogP contribution in [-0.2, 0) is 11.2 Å². The highest BCUT2D eigenvalue weighted by atomic mass is 32.2. The summed E-state index contributed by atoms with van der Waals surface area (Å²) in [5.41, 5.74) is -0.383. The van der Waals surface area contributed by atoms with Crippen molar-refractivity contribution in [3.05, 3.63) is 11.7 Å². The van der Waals surface area contributed by atoms with Gasteiger partial charge in [0.2, 0.25) is 5.89 Å². The van der Waals surface area contributed by atoms with Crippen molar-refractivity contribution in [3.8, 4) is 0 Å². The van der Waals surface area contributed by atoms with Gasteiger partial charge in [0.1, 0.15) is 0 Å². The standard InChI is InChI=1S/C14H22N2O3S2/c1-8-9(2)21-10(7-20-8)13-15-11(19-16-13)5-14(3,4)6-12(17)18/h8-10H,5-7H2,1-4H3,(H,17,18). The van der Waals surface area contributed by atoms with Crippen LogP contribution in [0.25, 0.3) is 0 Å². The minimum atomic E-state index is -0.804. The predicted molar refractivity (Wildman–Crippen MR) is 85.7 cm³/mol. The molecule has 0 radical (unpaired) electrons. The van der Waals surface area contributed by atoms with Crippen molar-refractivity contribution in [1.82, 2.24) is 10.1 Å². The highest BCUT2D eigenvalue weighted by Crippen LogP contribution is 2.43. The first-order valence-corrected chi connectivity index (χ1v) is 9.07. The molecule has 0 amide bonds. The Kier molecular flexibility index (Phi) is 5.24. The molecule has 3 atom stereocenters.